The van der Waals surface area contributed by atoms with Gasteiger partial charge in [-0.05, 0) is 78.0 Å². The number of urea groups is 1. The fraction of sp³-hybridized carbons (Fsp3) is 0.500. The van der Waals surface area contributed by atoms with E-state index in [0.717, 1.165) is 23.0 Å². The van der Waals surface area contributed by atoms with Crippen molar-refractivity contribution >= 4 is 33.1 Å². The summed E-state index contributed by atoms with van der Waals surface area (Å²) in [6.45, 7) is 8.66. The van der Waals surface area contributed by atoms with E-state index in [2.05, 4.69) is 25.7 Å². The van der Waals surface area contributed by atoms with Crippen LogP contribution in [0, 0.1) is 0 Å². The van der Waals surface area contributed by atoms with Gasteiger partial charge in [0.05, 0.1) is 20.9 Å². The highest BCUT2D eigenvalue weighted by molar-refractivity contribution is 7.89. The van der Waals surface area contributed by atoms with Crippen LogP contribution in [0.1, 0.15) is 82.5 Å². The molecule has 1 atom stereocenters. The number of halogens is 3. The minimum atomic E-state index is -4.85. The van der Waals surface area contributed by atoms with Gasteiger partial charge in [-0.25, -0.2) is 22.9 Å². The molecule has 10 nitrogen and oxygen atoms in total. The topological polar surface area (TPSA) is 142 Å². The van der Waals surface area contributed by atoms with E-state index in [0.29, 0.717) is 25.7 Å². The van der Waals surface area contributed by atoms with Gasteiger partial charge in [0.15, 0.2) is 5.69 Å². The SMILES string of the molecule is CC(C)OC(O)NC1CCC(c2nc(C(F)(F)F)c(-c3ccc(NC(=O)NCc4ccccc4)cc3S(=O)(=O)NC(C)(C)C)s2)CC1. The summed E-state index contributed by atoms with van der Waals surface area (Å²) in [7, 11) is -4.37. The van der Waals surface area contributed by atoms with Crippen LogP contribution in [-0.4, -0.2) is 48.6 Å². The van der Waals surface area contributed by atoms with Gasteiger partial charge in [0.1, 0.15) is 0 Å². The second-order valence-electron chi connectivity index (χ2n) is 12.8. The fourth-order valence-corrected chi connectivity index (χ4v) is 8.33. The lowest BCUT2D eigenvalue weighted by Crippen LogP contribution is -2.42. The lowest BCUT2D eigenvalue weighted by atomic mass is 9.86. The normalized spacial score (nSPS) is 18.3. The van der Waals surface area contributed by atoms with E-state index in [1.165, 1.54) is 12.1 Å². The molecular formula is C32H42F3N5O5S2. The van der Waals surface area contributed by atoms with Crippen LogP contribution >= 0.6 is 11.3 Å². The van der Waals surface area contributed by atoms with Crippen molar-refractivity contribution in [3.8, 4) is 10.4 Å². The predicted molar refractivity (Wildman–Crippen MR) is 175 cm³/mol. The number of alkyl halides is 3. The molecular weight excluding hydrogens is 656 g/mol. The molecule has 0 aliphatic heterocycles. The van der Waals surface area contributed by atoms with E-state index in [1.807, 2.05) is 30.3 Å². The number of anilines is 1. The molecule has 1 fully saturated rings. The molecule has 1 heterocycles. The third kappa shape index (κ3) is 10.5. The van der Waals surface area contributed by atoms with Crippen molar-refractivity contribution in [3.05, 3.63) is 64.8 Å². The molecule has 1 aliphatic rings. The smallest absolute Gasteiger partial charge is 0.356 e. The zero-order chi connectivity index (χ0) is 34.6. The summed E-state index contributed by atoms with van der Waals surface area (Å²) in [5.74, 6) is -0.280. The van der Waals surface area contributed by atoms with Gasteiger partial charge in [0.25, 0.3) is 0 Å². The number of hydrogen-bond donors (Lipinski definition) is 5. The number of ether oxygens (including phenoxy) is 1. The monoisotopic (exact) mass is 697 g/mol. The minimum Gasteiger partial charge on any atom is -0.356 e. The average Bonchev–Trinajstić information content (AvgIpc) is 3.42. The molecule has 4 rings (SSSR count). The van der Waals surface area contributed by atoms with Gasteiger partial charge in [-0.2, -0.15) is 13.2 Å². The maximum Gasteiger partial charge on any atom is 0.434 e. The first-order chi connectivity index (χ1) is 21.9. The Kier molecular flexibility index (Phi) is 11.7. The van der Waals surface area contributed by atoms with Crippen molar-refractivity contribution in [2.45, 2.75) is 108 Å². The van der Waals surface area contributed by atoms with Gasteiger partial charge in [0, 0.05) is 35.3 Å². The van der Waals surface area contributed by atoms with E-state index in [9.17, 15) is 31.5 Å². The fourth-order valence-electron chi connectivity index (χ4n) is 5.31. The maximum atomic E-state index is 14.5. The van der Waals surface area contributed by atoms with Crippen molar-refractivity contribution in [3.63, 3.8) is 0 Å². The molecule has 5 N–H and O–H groups in total. The third-order valence-electron chi connectivity index (χ3n) is 7.28. The highest BCUT2D eigenvalue weighted by atomic mass is 32.2. The highest BCUT2D eigenvalue weighted by Gasteiger charge is 2.41. The molecule has 15 heteroatoms. The number of benzene rings is 2. The summed E-state index contributed by atoms with van der Waals surface area (Å²) < 4.78 is 78.6. The molecule has 47 heavy (non-hydrogen) atoms. The summed E-state index contributed by atoms with van der Waals surface area (Å²) >= 11 is 0.826. The second kappa shape index (κ2) is 15.0. The van der Waals surface area contributed by atoms with Crippen LogP contribution in [0.2, 0.25) is 0 Å². The first-order valence-electron chi connectivity index (χ1n) is 15.4. The molecule has 2 aromatic carbocycles. The Labute approximate surface area is 277 Å². The van der Waals surface area contributed by atoms with Crippen LogP contribution in [0.5, 0.6) is 0 Å². The Morgan fingerprint density at radius 3 is 2.32 bits per heavy atom. The van der Waals surface area contributed by atoms with E-state index in [-0.39, 0.29) is 45.7 Å². The molecule has 258 valence electrons. The first kappa shape index (κ1) is 36.8. The summed E-state index contributed by atoms with van der Waals surface area (Å²) in [5.41, 5.74) is -1.34. The van der Waals surface area contributed by atoms with Gasteiger partial charge in [-0.15, -0.1) is 11.3 Å². The first-order valence-corrected chi connectivity index (χ1v) is 17.7. The Bertz CT molecular complexity index is 1620. The second-order valence-corrected chi connectivity index (χ2v) is 15.5. The van der Waals surface area contributed by atoms with Gasteiger partial charge in [-0.1, -0.05) is 36.4 Å². The summed E-state index contributed by atoms with van der Waals surface area (Å²) in [5, 5.41) is 18.6. The van der Waals surface area contributed by atoms with E-state index in [4.69, 9.17) is 4.74 Å². The van der Waals surface area contributed by atoms with Crippen LogP contribution in [0.3, 0.4) is 0 Å². The number of aliphatic hydroxyl groups is 1. The third-order valence-corrected chi connectivity index (χ3v) is 10.3. The number of rotatable bonds is 11. The summed E-state index contributed by atoms with van der Waals surface area (Å²) in [6, 6.07) is 12.3. The Morgan fingerprint density at radius 1 is 1.06 bits per heavy atom. The number of nitrogens with one attached hydrogen (secondary N) is 4. The lowest BCUT2D eigenvalue weighted by Gasteiger charge is -2.30. The van der Waals surface area contributed by atoms with Crippen LogP contribution in [0.15, 0.2) is 53.4 Å². The van der Waals surface area contributed by atoms with Gasteiger partial charge in [0.2, 0.25) is 16.4 Å². The largest absolute Gasteiger partial charge is 0.434 e. The standard InChI is InChI=1S/C32H42F3N5O5S2/c1-19(2)45-30(42)38-22-13-11-21(12-14-22)28-39-27(32(33,34)35)26(46-28)24-16-15-23(17-25(24)47(43,44)40-31(3,4)5)37-29(41)36-18-20-9-7-6-8-10-20/h6-10,15-17,19,21-22,30,38,40,42H,11-14,18H2,1-5H3,(H2,36,37,41). The Balaban J connectivity index is 1.64. The Hall–Kier alpha value is -3.08. The van der Waals surface area contributed by atoms with Crippen LogP contribution in [0.25, 0.3) is 10.4 Å². The molecule has 1 unspecified atom stereocenters. The highest BCUT2D eigenvalue weighted by Crippen LogP contribution is 2.46. The number of aromatic nitrogens is 1. The van der Waals surface area contributed by atoms with Crippen molar-refractivity contribution < 1.29 is 36.2 Å². The molecule has 1 aliphatic carbocycles. The number of amides is 2. The number of nitrogens with zero attached hydrogens (tertiary/aromatic N) is 1. The van der Waals surface area contributed by atoms with Crippen molar-refractivity contribution in [1.82, 2.24) is 20.3 Å². The summed E-state index contributed by atoms with van der Waals surface area (Å²) in [4.78, 5) is 16.0. The molecule has 1 aromatic heterocycles. The predicted octanol–water partition coefficient (Wildman–Crippen LogP) is 6.54. The van der Waals surface area contributed by atoms with Gasteiger partial charge in [-0.3, -0.25) is 5.32 Å². The van der Waals surface area contributed by atoms with E-state index < -0.39 is 44.8 Å². The minimum absolute atomic E-state index is 0.0772. The number of carbonyl (C=O) groups excluding carboxylic acids is 1. The number of thiazole rings is 1. The molecule has 0 radical (unpaired) electrons. The van der Waals surface area contributed by atoms with Crippen LogP contribution in [-0.2, 0) is 27.5 Å². The molecule has 0 saturated heterocycles. The van der Waals surface area contributed by atoms with Gasteiger partial charge < -0.3 is 20.5 Å². The zero-order valence-corrected chi connectivity index (χ0v) is 28.6. The average molecular weight is 698 g/mol. The van der Waals surface area contributed by atoms with Crippen molar-refractivity contribution in [2.24, 2.45) is 0 Å². The molecule has 0 spiro atoms. The Morgan fingerprint density at radius 2 is 1.72 bits per heavy atom. The van der Waals surface area contributed by atoms with Gasteiger partial charge >= 0.3 is 12.2 Å². The van der Waals surface area contributed by atoms with E-state index in [1.54, 1.807) is 34.6 Å². The number of carbonyl (C=O) groups is 1. The van der Waals surface area contributed by atoms with Crippen LogP contribution < -0.4 is 20.7 Å². The van der Waals surface area contributed by atoms with Crippen molar-refractivity contribution in [1.29, 1.82) is 0 Å². The molecule has 1 saturated carbocycles. The molecule has 3 aromatic rings. The van der Waals surface area contributed by atoms with Crippen molar-refractivity contribution in [2.75, 3.05) is 5.32 Å². The maximum absolute atomic E-state index is 14.5. The molecule has 0 bridgehead atoms. The molecule has 2 amide bonds. The van der Waals surface area contributed by atoms with Crippen LogP contribution in [0.4, 0.5) is 23.7 Å². The summed E-state index contributed by atoms with van der Waals surface area (Å²) in [6.07, 6.45) is -3.97. The number of hydrogen-bond acceptors (Lipinski definition) is 8. The van der Waals surface area contributed by atoms with E-state index >= 15 is 0 Å². The zero-order valence-electron chi connectivity index (χ0n) is 26.9. The number of sulfonamides is 1. The quantitative estimate of drug-likeness (QED) is 0.143. The lowest BCUT2D eigenvalue weighted by molar-refractivity contribution is -0.150. The number of aliphatic hydroxyl groups excluding tert-OH is 1.